The molecule has 0 saturated carbocycles. The summed E-state index contributed by atoms with van der Waals surface area (Å²) in [6, 6.07) is 8.33. The Morgan fingerprint density at radius 1 is 1.27 bits per heavy atom. The lowest BCUT2D eigenvalue weighted by Gasteiger charge is -2.21. The second-order valence-corrected chi connectivity index (χ2v) is 4.20. The van der Waals surface area contributed by atoms with Crippen LogP contribution in [0.25, 0.3) is 10.9 Å². The summed E-state index contributed by atoms with van der Waals surface area (Å²) in [6.45, 7) is 2.23. The van der Waals surface area contributed by atoms with Crippen molar-refractivity contribution in [2.45, 2.75) is 18.8 Å². The van der Waals surface area contributed by atoms with Crippen LogP contribution < -0.4 is 5.32 Å². The first kappa shape index (κ1) is 8.92. The number of aromatic nitrogens is 2. The van der Waals surface area contributed by atoms with E-state index in [0.29, 0.717) is 5.92 Å². The van der Waals surface area contributed by atoms with E-state index in [-0.39, 0.29) is 0 Å². The second kappa shape index (κ2) is 3.66. The van der Waals surface area contributed by atoms with Gasteiger partial charge in [-0.1, -0.05) is 18.2 Å². The van der Waals surface area contributed by atoms with Gasteiger partial charge >= 0.3 is 0 Å². The Morgan fingerprint density at radius 2 is 2.20 bits per heavy atom. The zero-order valence-electron chi connectivity index (χ0n) is 8.66. The van der Waals surface area contributed by atoms with Gasteiger partial charge in [-0.25, -0.2) is 0 Å². The summed E-state index contributed by atoms with van der Waals surface area (Å²) >= 11 is 0. The van der Waals surface area contributed by atoms with Crippen molar-refractivity contribution in [3.63, 3.8) is 0 Å². The van der Waals surface area contributed by atoms with Crippen molar-refractivity contribution in [1.29, 1.82) is 0 Å². The van der Waals surface area contributed by atoms with E-state index < -0.39 is 0 Å². The predicted octanol–water partition coefficient (Wildman–Crippen LogP) is 2.03. The van der Waals surface area contributed by atoms with Gasteiger partial charge in [0.25, 0.3) is 0 Å². The molecule has 2 heterocycles. The van der Waals surface area contributed by atoms with E-state index in [2.05, 4.69) is 33.7 Å². The van der Waals surface area contributed by atoms with E-state index in [9.17, 15) is 0 Å². The minimum atomic E-state index is 0.603. The van der Waals surface area contributed by atoms with Gasteiger partial charge in [-0.2, -0.15) is 5.10 Å². The third-order valence-corrected chi connectivity index (χ3v) is 3.20. The zero-order valence-corrected chi connectivity index (χ0v) is 8.66. The Hall–Kier alpha value is -1.35. The average molecular weight is 201 g/mol. The highest BCUT2D eigenvalue weighted by Gasteiger charge is 2.18. The SMILES string of the molecule is c1ccc2c([C@@H]3CCCNC3)[nH]nc2c1. The molecule has 3 rings (SSSR count). The Balaban J connectivity index is 2.02. The van der Waals surface area contributed by atoms with Crippen molar-refractivity contribution in [2.75, 3.05) is 13.1 Å². The maximum atomic E-state index is 4.34. The molecule has 1 aromatic heterocycles. The van der Waals surface area contributed by atoms with Crippen LogP contribution in [0.3, 0.4) is 0 Å². The smallest absolute Gasteiger partial charge is 0.0923 e. The second-order valence-electron chi connectivity index (χ2n) is 4.20. The Morgan fingerprint density at radius 3 is 3.07 bits per heavy atom. The minimum Gasteiger partial charge on any atom is -0.316 e. The molecule has 1 aliphatic heterocycles. The largest absolute Gasteiger partial charge is 0.316 e. The molecule has 3 nitrogen and oxygen atoms in total. The topological polar surface area (TPSA) is 40.7 Å². The third kappa shape index (κ3) is 1.53. The average Bonchev–Trinajstić information content (AvgIpc) is 2.74. The van der Waals surface area contributed by atoms with Gasteiger partial charge in [-0.15, -0.1) is 0 Å². The molecule has 0 spiro atoms. The lowest BCUT2D eigenvalue weighted by atomic mass is 9.94. The van der Waals surface area contributed by atoms with Crippen LogP contribution in [-0.2, 0) is 0 Å². The maximum Gasteiger partial charge on any atom is 0.0923 e. The van der Waals surface area contributed by atoms with Crippen LogP contribution in [0.5, 0.6) is 0 Å². The number of nitrogens with zero attached hydrogens (tertiary/aromatic N) is 1. The van der Waals surface area contributed by atoms with Gasteiger partial charge in [-0.05, 0) is 25.5 Å². The summed E-state index contributed by atoms with van der Waals surface area (Å²) in [5, 5.41) is 12.3. The number of hydrogen-bond acceptors (Lipinski definition) is 2. The van der Waals surface area contributed by atoms with Crippen LogP contribution >= 0.6 is 0 Å². The fraction of sp³-hybridized carbons (Fsp3) is 0.417. The number of nitrogens with one attached hydrogen (secondary N) is 2. The molecule has 0 amide bonds. The van der Waals surface area contributed by atoms with Crippen molar-refractivity contribution < 1.29 is 0 Å². The molecule has 0 radical (unpaired) electrons. The van der Waals surface area contributed by atoms with Crippen molar-refractivity contribution in [1.82, 2.24) is 15.5 Å². The normalized spacial score (nSPS) is 22.0. The van der Waals surface area contributed by atoms with Crippen molar-refractivity contribution in [3.8, 4) is 0 Å². The minimum absolute atomic E-state index is 0.603. The zero-order chi connectivity index (χ0) is 10.1. The molecule has 15 heavy (non-hydrogen) atoms. The molecule has 3 heteroatoms. The van der Waals surface area contributed by atoms with Crippen LogP contribution in [0.4, 0.5) is 0 Å². The van der Waals surface area contributed by atoms with E-state index >= 15 is 0 Å². The summed E-state index contributed by atoms with van der Waals surface area (Å²) in [5.74, 6) is 0.603. The van der Waals surface area contributed by atoms with E-state index in [4.69, 9.17) is 0 Å². The molecule has 1 saturated heterocycles. The van der Waals surface area contributed by atoms with E-state index in [0.717, 1.165) is 18.6 Å². The number of para-hydroxylation sites is 1. The molecule has 0 bridgehead atoms. The summed E-state index contributed by atoms with van der Waals surface area (Å²) in [6.07, 6.45) is 2.53. The molecule has 0 aliphatic carbocycles. The lowest BCUT2D eigenvalue weighted by molar-refractivity contribution is 0.456. The summed E-state index contributed by atoms with van der Waals surface area (Å²) in [4.78, 5) is 0. The fourth-order valence-corrected chi connectivity index (χ4v) is 2.39. The molecule has 1 aliphatic rings. The first-order chi connectivity index (χ1) is 7.45. The van der Waals surface area contributed by atoms with Crippen LogP contribution in [-0.4, -0.2) is 23.3 Å². The number of H-pyrrole nitrogens is 1. The van der Waals surface area contributed by atoms with Crippen molar-refractivity contribution in [3.05, 3.63) is 30.0 Å². The number of fused-ring (bicyclic) bond motifs is 1. The Kier molecular flexibility index (Phi) is 2.18. The van der Waals surface area contributed by atoms with E-state index in [1.54, 1.807) is 0 Å². The van der Waals surface area contributed by atoms with E-state index in [1.807, 2.05) is 6.07 Å². The fourth-order valence-electron chi connectivity index (χ4n) is 2.39. The van der Waals surface area contributed by atoms with Crippen molar-refractivity contribution in [2.24, 2.45) is 0 Å². The molecular formula is C12H15N3. The van der Waals surface area contributed by atoms with Gasteiger partial charge in [0.1, 0.15) is 0 Å². The molecule has 1 atom stereocenters. The van der Waals surface area contributed by atoms with Gasteiger partial charge < -0.3 is 5.32 Å². The van der Waals surface area contributed by atoms with Gasteiger partial charge in [-0.3, -0.25) is 5.10 Å². The first-order valence-corrected chi connectivity index (χ1v) is 5.59. The summed E-state index contributed by atoms with van der Waals surface area (Å²) in [5.41, 5.74) is 2.39. The van der Waals surface area contributed by atoms with Gasteiger partial charge in [0, 0.05) is 23.5 Å². The lowest BCUT2D eigenvalue weighted by Crippen LogP contribution is -2.28. The number of hydrogen-bond donors (Lipinski definition) is 2. The molecule has 1 fully saturated rings. The van der Waals surface area contributed by atoms with E-state index in [1.165, 1.54) is 23.9 Å². The highest BCUT2D eigenvalue weighted by molar-refractivity contribution is 5.81. The summed E-state index contributed by atoms with van der Waals surface area (Å²) in [7, 11) is 0. The molecule has 1 aromatic carbocycles. The standard InChI is InChI=1S/C12H15N3/c1-2-6-11-10(5-1)12(15-14-11)9-4-3-7-13-8-9/h1-2,5-6,9,13H,3-4,7-8H2,(H,14,15)/t9-/m1/s1. The number of aromatic amines is 1. The van der Waals surface area contributed by atoms with Gasteiger partial charge in [0.05, 0.1) is 5.52 Å². The number of rotatable bonds is 1. The first-order valence-electron chi connectivity index (χ1n) is 5.59. The Labute approximate surface area is 88.9 Å². The quantitative estimate of drug-likeness (QED) is 0.741. The number of benzene rings is 1. The van der Waals surface area contributed by atoms with Crippen LogP contribution in [0.2, 0.25) is 0 Å². The summed E-state index contributed by atoms with van der Waals surface area (Å²) < 4.78 is 0. The highest BCUT2D eigenvalue weighted by atomic mass is 15.1. The number of piperidine rings is 1. The van der Waals surface area contributed by atoms with Gasteiger partial charge in [0.2, 0.25) is 0 Å². The third-order valence-electron chi connectivity index (χ3n) is 3.20. The van der Waals surface area contributed by atoms with Crippen molar-refractivity contribution >= 4 is 10.9 Å². The van der Waals surface area contributed by atoms with Crippen LogP contribution in [0.1, 0.15) is 24.5 Å². The highest BCUT2D eigenvalue weighted by Crippen LogP contribution is 2.27. The maximum absolute atomic E-state index is 4.34. The van der Waals surface area contributed by atoms with Crippen LogP contribution in [0, 0.1) is 0 Å². The van der Waals surface area contributed by atoms with Crippen LogP contribution in [0.15, 0.2) is 24.3 Å². The molecule has 2 N–H and O–H groups in total. The Bertz CT molecular complexity index is 455. The molecule has 0 unspecified atom stereocenters. The molecule has 2 aromatic rings. The molecular weight excluding hydrogens is 186 g/mol. The van der Waals surface area contributed by atoms with Gasteiger partial charge in [0.15, 0.2) is 0 Å². The monoisotopic (exact) mass is 201 g/mol. The molecule has 78 valence electrons. The predicted molar refractivity (Wildman–Crippen MR) is 60.9 cm³/mol.